The second kappa shape index (κ2) is 5.53. The van der Waals surface area contributed by atoms with Crippen LogP contribution in [0.25, 0.3) is 11.3 Å². The Morgan fingerprint density at radius 3 is 2.50 bits per heavy atom. The van der Waals surface area contributed by atoms with E-state index < -0.39 is 0 Å². The van der Waals surface area contributed by atoms with Crippen LogP contribution in [0.3, 0.4) is 0 Å². The molecule has 2 rings (SSSR count). The second-order valence-electron chi connectivity index (χ2n) is 3.19. The van der Waals surface area contributed by atoms with Gasteiger partial charge in [-0.1, -0.05) is 24.3 Å². The summed E-state index contributed by atoms with van der Waals surface area (Å²) >= 11 is 0. The van der Waals surface area contributed by atoms with Crippen LogP contribution in [0.2, 0.25) is 0 Å². The maximum Gasteiger partial charge on any atom is 0.294 e. The fourth-order valence-corrected chi connectivity index (χ4v) is 1.33. The van der Waals surface area contributed by atoms with Crippen LogP contribution in [0.4, 0.5) is 6.01 Å². The molecule has 0 amide bonds. The lowest BCUT2D eigenvalue weighted by molar-refractivity contribution is 0.576. The molecule has 16 heavy (non-hydrogen) atoms. The molecule has 0 atom stereocenters. The van der Waals surface area contributed by atoms with Gasteiger partial charge in [0, 0.05) is 19.2 Å². The van der Waals surface area contributed by atoms with E-state index in [-0.39, 0.29) is 12.4 Å². The maximum atomic E-state index is 5.52. The normalized spacial score (nSPS) is 9.62. The molecular weight excluding hydrogens is 226 g/mol. The van der Waals surface area contributed by atoms with Gasteiger partial charge in [0.15, 0.2) is 0 Å². The summed E-state index contributed by atoms with van der Waals surface area (Å²) in [6.45, 7) is 0.556. The van der Waals surface area contributed by atoms with E-state index in [9.17, 15) is 0 Å². The lowest BCUT2D eigenvalue weighted by Gasteiger charge is -1.98. The number of nitrogens with zero attached hydrogens (tertiary/aromatic N) is 1. The molecule has 0 radical (unpaired) electrons. The quantitative estimate of drug-likeness (QED) is 0.863. The van der Waals surface area contributed by atoms with Crippen LogP contribution < -0.4 is 11.1 Å². The Kier molecular flexibility index (Phi) is 4.34. The first-order valence-electron chi connectivity index (χ1n) is 4.76. The third-order valence-corrected chi connectivity index (χ3v) is 2.20. The number of rotatable bonds is 3. The molecule has 0 unspecified atom stereocenters. The molecule has 0 saturated heterocycles. The van der Waals surface area contributed by atoms with Crippen molar-refractivity contribution in [3.05, 3.63) is 36.1 Å². The van der Waals surface area contributed by atoms with Crippen LogP contribution in [-0.2, 0) is 6.54 Å². The predicted octanol–water partition coefficient (Wildman–Crippen LogP) is 2.26. The minimum Gasteiger partial charge on any atom is -0.432 e. The molecule has 4 nitrogen and oxygen atoms in total. The van der Waals surface area contributed by atoms with Crippen molar-refractivity contribution in [1.82, 2.24) is 4.98 Å². The highest BCUT2D eigenvalue weighted by molar-refractivity contribution is 5.85. The lowest BCUT2D eigenvalue weighted by Crippen LogP contribution is -1.95. The molecule has 1 heterocycles. The van der Waals surface area contributed by atoms with E-state index in [1.54, 1.807) is 13.3 Å². The molecule has 3 N–H and O–H groups in total. The number of nitrogens with one attached hydrogen (secondary N) is 1. The molecule has 5 heteroatoms. The molecule has 0 aliphatic heterocycles. The molecule has 1 aromatic carbocycles. The van der Waals surface area contributed by atoms with Crippen LogP contribution >= 0.6 is 12.4 Å². The zero-order chi connectivity index (χ0) is 10.7. The number of hydrogen-bond acceptors (Lipinski definition) is 4. The molecule has 0 bridgehead atoms. The van der Waals surface area contributed by atoms with Gasteiger partial charge in [0.2, 0.25) is 0 Å². The molecule has 1 aromatic heterocycles. The second-order valence-corrected chi connectivity index (χ2v) is 3.19. The topological polar surface area (TPSA) is 64.1 Å². The van der Waals surface area contributed by atoms with Crippen molar-refractivity contribution < 1.29 is 4.42 Å². The van der Waals surface area contributed by atoms with E-state index in [1.807, 2.05) is 24.3 Å². The van der Waals surface area contributed by atoms with E-state index >= 15 is 0 Å². The third kappa shape index (κ3) is 2.53. The molecular formula is C11H14ClN3O. The summed E-state index contributed by atoms with van der Waals surface area (Å²) in [5, 5.41) is 2.84. The molecule has 0 spiro atoms. The largest absolute Gasteiger partial charge is 0.432 e. The Hall–Kier alpha value is -1.52. The molecule has 0 aliphatic carbocycles. The SMILES string of the molecule is CNc1nc(-c2ccc(CN)cc2)co1.Cl. The average molecular weight is 240 g/mol. The summed E-state index contributed by atoms with van der Waals surface area (Å²) in [6.07, 6.45) is 1.63. The van der Waals surface area contributed by atoms with Gasteiger partial charge >= 0.3 is 0 Å². The van der Waals surface area contributed by atoms with Crippen LogP contribution in [0.5, 0.6) is 0 Å². The van der Waals surface area contributed by atoms with Crippen molar-refractivity contribution in [3.63, 3.8) is 0 Å². The predicted molar refractivity (Wildman–Crippen MR) is 66.6 cm³/mol. The Morgan fingerprint density at radius 1 is 1.31 bits per heavy atom. The summed E-state index contributed by atoms with van der Waals surface area (Å²) in [4.78, 5) is 4.25. The van der Waals surface area contributed by atoms with Gasteiger partial charge in [-0.2, -0.15) is 4.98 Å². The maximum absolute atomic E-state index is 5.52. The van der Waals surface area contributed by atoms with E-state index in [1.165, 1.54) is 0 Å². The number of benzene rings is 1. The van der Waals surface area contributed by atoms with Gasteiger partial charge in [0.1, 0.15) is 12.0 Å². The highest BCUT2D eigenvalue weighted by atomic mass is 35.5. The minimum atomic E-state index is 0. The van der Waals surface area contributed by atoms with Gasteiger partial charge < -0.3 is 15.5 Å². The molecule has 86 valence electrons. The fourth-order valence-electron chi connectivity index (χ4n) is 1.33. The van der Waals surface area contributed by atoms with Crippen LogP contribution in [-0.4, -0.2) is 12.0 Å². The summed E-state index contributed by atoms with van der Waals surface area (Å²) in [7, 11) is 1.77. The zero-order valence-electron chi connectivity index (χ0n) is 8.93. The lowest BCUT2D eigenvalue weighted by atomic mass is 10.1. The van der Waals surface area contributed by atoms with E-state index in [0.717, 1.165) is 16.8 Å². The van der Waals surface area contributed by atoms with Gasteiger partial charge in [-0.05, 0) is 5.56 Å². The van der Waals surface area contributed by atoms with Crippen LogP contribution in [0.1, 0.15) is 5.56 Å². The first-order valence-corrected chi connectivity index (χ1v) is 4.76. The highest BCUT2D eigenvalue weighted by Crippen LogP contribution is 2.20. The van der Waals surface area contributed by atoms with E-state index in [2.05, 4.69) is 10.3 Å². The first kappa shape index (κ1) is 12.5. The molecule has 0 fully saturated rings. The van der Waals surface area contributed by atoms with Gasteiger partial charge in [0.05, 0.1) is 0 Å². The number of halogens is 1. The Morgan fingerprint density at radius 2 is 2.00 bits per heavy atom. The number of anilines is 1. The highest BCUT2D eigenvalue weighted by Gasteiger charge is 2.04. The minimum absolute atomic E-state index is 0. The van der Waals surface area contributed by atoms with Crippen molar-refractivity contribution in [2.75, 3.05) is 12.4 Å². The summed E-state index contributed by atoms with van der Waals surface area (Å²) in [5.41, 5.74) is 8.48. The first-order chi connectivity index (χ1) is 7.33. The van der Waals surface area contributed by atoms with Crippen molar-refractivity contribution >= 4 is 18.4 Å². The number of hydrogen-bond donors (Lipinski definition) is 2. The fraction of sp³-hybridized carbons (Fsp3) is 0.182. The van der Waals surface area contributed by atoms with Crippen molar-refractivity contribution in [1.29, 1.82) is 0 Å². The van der Waals surface area contributed by atoms with Crippen LogP contribution in [0.15, 0.2) is 34.9 Å². The van der Waals surface area contributed by atoms with Gasteiger partial charge in [-0.3, -0.25) is 0 Å². The van der Waals surface area contributed by atoms with Gasteiger partial charge in [0.25, 0.3) is 6.01 Å². The zero-order valence-corrected chi connectivity index (χ0v) is 9.75. The van der Waals surface area contributed by atoms with Crippen molar-refractivity contribution in [3.8, 4) is 11.3 Å². The Balaban J connectivity index is 0.00000128. The van der Waals surface area contributed by atoms with E-state index in [4.69, 9.17) is 10.2 Å². The Bertz CT molecular complexity index is 439. The van der Waals surface area contributed by atoms with Gasteiger partial charge in [-0.25, -0.2) is 0 Å². The molecule has 0 aliphatic rings. The summed E-state index contributed by atoms with van der Waals surface area (Å²) < 4.78 is 5.18. The number of oxazole rings is 1. The molecule has 0 saturated carbocycles. The summed E-state index contributed by atoms with van der Waals surface area (Å²) in [6, 6.07) is 8.47. The number of nitrogens with two attached hydrogens (primary N) is 1. The number of aromatic nitrogens is 1. The summed E-state index contributed by atoms with van der Waals surface area (Å²) in [5.74, 6) is 0. The molecule has 2 aromatic rings. The van der Waals surface area contributed by atoms with Crippen molar-refractivity contribution in [2.24, 2.45) is 5.73 Å². The Labute approximate surface area is 100 Å². The van der Waals surface area contributed by atoms with Gasteiger partial charge in [-0.15, -0.1) is 12.4 Å². The van der Waals surface area contributed by atoms with Crippen LogP contribution in [0, 0.1) is 0 Å². The monoisotopic (exact) mass is 239 g/mol. The average Bonchev–Trinajstić information content (AvgIpc) is 2.78. The standard InChI is InChI=1S/C11H13N3O.ClH/c1-13-11-14-10(7-15-11)9-4-2-8(6-12)3-5-9;/h2-5,7H,6,12H2,1H3,(H,13,14);1H. The van der Waals surface area contributed by atoms with Crippen molar-refractivity contribution in [2.45, 2.75) is 6.54 Å². The third-order valence-electron chi connectivity index (χ3n) is 2.20. The van der Waals surface area contributed by atoms with E-state index in [0.29, 0.717) is 12.6 Å². The smallest absolute Gasteiger partial charge is 0.294 e.